The Morgan fingerprint density at radius 3 is 2.31 bits per heavy atom. The summed E-state index contributed by atoms with van der Waals surface area (Å²) in [6.07, 6.45) is 0. The summed E-state index contributed by atoms with van der Waals surface area (Å²) in [5.74, 6) is 0.161. The van der Waals surface area contributed by atoms with E-state index in [1.807, 2.05) is 0 Å². The lowest BCUT2D eigenvalue weighted by molar-refractivity contribution is 0.245. The standard InChI is InChI=1S/C8H19N3O2S.2ClH/c1-2-14(12,13)10-5-8-11-6-3-9-4-7-11;;/h9-10H,2-8H2,1H3;2*1H. The SMILES string of the molecule is CCS(=O)(=O)NCCN1CCNCC1.Cl.Cl. The number of piperazine rings is 1. The average molecular weight is 294 g/mol. The van der Waals surface area contributed by atoms with E-state index in [0.29, 0.717) is 6.54 Å². The van der Waals surface area contributed by atoms with Gasteiger partial charge in [0.25, 0.3) is 0 Å². The van der Waals surface area contributed by atoms with Gasteiger partial charge in [-0.3, -0.25) is 4.90 Å². The van der Waals surface area contributed by atoms with Gasteiger partial charge in [-0.2, -0.15) is 0 Å². The molecule has 0 saturated carbocycles. The van der Waals surface area contributed by atoms with E-state index in [9.17, 15) is 8.42 Å². The molecule has 16 heavy (non-hydrogen) atoms. The lowest BCUT2D eigenvalue weighted by Crippen LogP contribution is -2.46. The van der Waals surface area contributed by atoms with E-state index in [1.165, 1.54) is 0 Å². The fourth-order valence-electron chi connectivity index (χ4n) is 1.40. The van der Waals surface area contributed by atoms with Crippen molar-refractivity contribution in [3.8, 4) is 0 Å². The molecule has 8 heteroatoms. The Morgan fingerprint density at radius 1 is 1.25 bits per heavy atom. The van der Waals surface area contributed by atoms with Crippen LogP contribution in [-0.2, 0) is 10.0 Å². The lowest BCUT2D eigenvalue weighted by Gasteiger charge is -2.26. The third-order valence-electron chi connectivity index (χ3n) is 2.34. The van der Waals surface area contributed by atoms with Gasteiger partial charge in [-0.25, -0.2) is 13.1 Å². The van der Waals surface area contributed by atoms with Crippen LogP contribution < -0.4 is 10.0 Å². The first-order chi connectivity index (χ1) is 6.64. The summed E-state index contributed by atoms with van der Waals surface area (Å²) < 4.78 is 24.8. The van der Waals surface area contributed by atoms with Crippen molar-refractivity contribution in [2.24, 2.45) is 0 Å². The number of sulfonamides is 1. The molecule has 1 saturated heterocycles. The van der Waals surface area contributed by atoms with Crippen molar-refractivity contribution < 1.29 is 8.42 Å². The number of hydrogen-bond acceptors (Lipinski definition) is 4. The molecule has 1 rings (SSSR count). The summed E-state index contributed by atoms with van der Waals surface area (Å²) in [7, 11) is -3.01. The summed E-state index contributed by atoms with van der Waals surface area (Å²) in [5, 5.41) is 3.25. The van der Waals surface area contributed by atoms with Crippen LogP contribution in [0.5, 0.6) is 0 Å². The molecule has 0 spiro atoms. The number of hydrogen-bond donors (Lipinski definition) is 2. The fourth-order valence-corrected chi connectivity index (χ4v) is 2.00. The second kappa shape index (κ2) is 9.44. The van der Waals surface area contributed by atoms with Gasteiger partial charge in [-0.15, -0.1) is 24.8 Å². The summed E-state index contributed by atoms with van der Waals surface area (Å²) in [4.78, 5) is 2.26. The Labute approximate surface area is 110 Å². The molecule has 2 N–H and O–H groups in total. The van der Waals surface area contributed by atoms with Crippen molar-refractivity contribution in [1.82, 2.24) is 14.9 Å². The van der Waals surface area contributed by atoms with Gasteiger partial charge in [-0.05, 0) is 6.92 Å². The molecule has 1 heterocycles. The zero-order valence-corrected chi connectivity index (χ0v) is 11.9. The Kier molecular flexibility index (Phi) is 11.1. The summed E-state index contributed by atoms with van der Waals surface area (Å²) >= 11 is 0. The molecule has 5 nitrogen and oxygen atoms in total. The summed E-state index contributed by atoms with van der Waals surface area (Å²) in [6.45, 7) is 6.99. The van der Waals surface area contributed by atoms with Gasteiger partial charge in [0.15, 0.2) is 0 Å². The quantitative estimate of drug-likeness (QED) is 0.729. The van der Waals surface area contributed by atoms with Gasteiger partial charge >= 0.3 is 0 Å². The molecule has 0 unspecified atom stereocenters. The molecule has 1 fully saturated rings. The molecule has 1 aliphatic heterocycles. The van der Waals surface area contributed by atoms with Crippen LogP contribution in [0.25, 0.3) is 0 Å². The molecule has 0 aromatic heterocycles. The maximum absolute atomic E-state index is 11.1. The van der Waals surface area contributed by atoms with Crippen molar-refractivity contribution in [3.63, 3.8) is 0 Å². The summed E-state index contributed by atoms with van der Waals surface area (Å²) in [5.41, 5.74) is 0. The van der Waals surface area contributed by atoms with Gasteiger partial charge in [0.1, 0.15) is 0 Å². The molecule has 0 amide bonds. The maximum Gasteiger partial charge on any atom is 0.211 e. The first-order valence-electron chi connectivity index (χ1n) is 5.04. The zero-order chi connectivity index (χ0) is 10.4. The van der Waals surface area contributed by atoms with Crippen LogP contribution in [0.3, 0.4) is 0 Å². The van der Waals surface area contributed by atoms with Crippen molar-refractivity contribution >= 4 is 34.8 Å². The molecule has 0 atom stereocenters. The Bertz CT molecular complexity index is 256. The van der Waals surface area contributed by atoms with E-state index in [4.69, 9.17) is 0 Å². The van der Waals surface area contributed by atoms with Gasteiger partial charge in [0.05, 0.1) is 5.75 Å². The van der Waals surface area contributed by atoms with Gasteiger partial charge < -0.3 is 5.32 Å². The molecular formula is C8H21Cl2N3O2S. The molecule has 0 aromatic carbocycles. The highest BCUT2D eigenvalue weighted by atomic mass is 35.5. The minimum Gasteiger partial charge on any atom is -0.314 e. The van der Waals surface area contributed by atoms with Crippen LogP contribution >= 0.6 is 24.8 Å². The lowest BCUT2D eigenvalue weighted by atomic mass is 10.3. The molecule has 0 radical (unpaired) electrons. The van der Waals surface area contributed by atoms with Gasteiger partial charge in [0, 0.05) is 39.3 Å². The van der Waals surface area contributed by atoms with Crippen LogP contribution in [0.4, 0.5) is 0 Å². The first kappa shape index (κ1) is 18.8. The van der Waals surface area contributed by atoms with E-state index in [1.54, 1.807) is 6.92 Å². The minimum atomic E-state index is -3.01. The monoisotopic (exact) mass is 293 g/mol. The highest BCUT2D eigenvalue weighted by Gasteiger charge is 2.10. The Hall–Kier alpha value is 0.410. The zero-order valence-electron chi connectivity index (χ0n) is 9.44. The van der Waals surface area contributed by atoms with Crippen LogP contribution in [0.2, 0.25) is 0 Å². The van der Waals surface area contributed by atoms with Crippen molar-refractivity contribution in [1.29, 1.82) is 0 Å². The molecule has 1 aliphatic rings. The van der Waals surface area contributed by atoms with E-state index < -0.39 is 10.0 Å². The second-order valence-corrected chi connectivity index (χ2v) is 5.48. The van der Waals surface area contributed by atoms with Crippen LogP contribution in [0.15, 0.2) is 0 Å². The second-order valence-electron chi connectivity index (χ2n) is 3.39. The number of rotatable bonds is 5. The smallest absolute Gasteiger partial charge is 0.211 e. The van der Waals surface area contributed by atoms with E-state index >= 15 is 0 Å². The number of nitrogens with one attached hydrogen (secondary N) is 2. The normalized spacial score (nSPS) is 17.3. The van der Waals surface area contributed by atoms with Crippen molar-refractivity contribution in [3.05, 3.63) is 0 Å². The largest absolute Gasteiger partial charge is 0.314 e. The predicted molar refractivity (Wildman–Crippen MR) is 71.3 cm³/mol. The molecule has 0 bridgehead atoms. The maximum atomic E-state index is 11.1. The van der Waals surface area contributed by atoms with E-state index in [0.717, 1.165) is 32.7 Å². The van der Waals surface area contributed by atoms with E-state index in [-0.39, 0.29) is 30.6 Å². The highest BCUT2D eigenvalue weighted by Crippen LogP contribution is 1.90. The van der Waals surface area contributed by atoms with Crippen molar-refractivity contribution in [2.45, 2.75) is 6.92 Å². The van der Waals surface area contributed by atoms with Crippen molar-refractivity contribution in [2.75, 3.05) is 45.0 Å². The van der Waals surface area contributed by atoms with Crippen LogP contribution in [0.1, 0.15) is 6.92 Å². The Balaban J connectivity index is 0. The molecule has 0 aromatic rings. The molecule has 100 valence electrons. The third kappa shape index (κ3) is 7.65. The highest BCUT2D eigenvalue weighted by molar-refractivity contribution is 7.89. The molecule has 0 aliphatic carbocycles. The van der Waals surface area contributed by atoms with E-state index in [2.05, 4.69) is 14.9 Å². The average Bonchev–Trinajstić information content (AvgIpc) is 2.19. The molecular weight excluding hydrogens is 273 g/mol. The first-order valence-corrected chi connectivity index (χ1v) is 6.69. The summed E-state index contributed by atoms with van der Waals surface area (Å²) in [6, 6.07) is 0. The predicted octanol–water partition coefficient (Wildman–Crippen LogP) is -0.326. The Morgan fingerprint density at radius 2 is 1.81 bits per heavy atom. The fraction of sp³-hybridized carbons (Fsp3) is 1.00. The van der Waals surface area contributed by atoms with Gasteiger partial charge in [-0.1, -0.05) is 0 Å². The van der Waals surface area contributed by atoms with Crippen LogP contribution in [0, 0.1) is 0 Å². The topological polar surface area (TPSA) is 61.4 Å². The number of nitrogens with zero attached hydrogens (tertiary/aromatic N) is 1. The van der Waals surface area contributed by atoms with Crippen LogP contribution in [-0.4, -0.2) is 58.3 Å². The number of halogens is 2. The minimum absolute atomic E-state index is 0. The third-order valence-corrected chi connectivity index (χ3v) is 3.74. The van der Waals surface area contributed by atoms with Gasteiger partial charge in [0.2, 0.25) is 10.0 Å².